The summed E-state index contributed by atoms with van der Waals surface area (Å²) in [5.41, 5.74) is 1.56. The zero-order valence-corrected chi connectivity index (χ0v) is 8.35. The van der Waals surface area contributed by atoms with Crippen LogP contribution in [0.15, 0.2) is 42.5 Å². The van der Waals surface area contributed by atoms with E-state index in [1.807, 2.05) is 0 Å². The Morgan fingerprint density at radius 1 is 1.06 bits per heavy atom. The SMILES string of the molecule is O=Cc1cc(-c2cccc(F)c2)ccc1O. The summed E-state index contributed by atoms with van der Waals surface area (Å²) in [6, 6.07) is 10.6. The predicted molar refractivity (Wildman–Crippen MR) is 58.9 cm³/mol. The standard InChI is InChI=1S/C13H9FO2/c14-12-3-1-2-9(7-12)10-4-5-13(16)11(6-10)8-15/h1-8,16H. The summed E-state index contributed by atoms with van der Waals surface area (Å²) in [6.45, 7) is 0. The molecule has 0 saturated heterocycles. The van der Waals surface area contributed by atoms with E-state index in [-0.39, 0.29) is 17.1 Å². The lowest BCUT2D eigenvalue weighted by atomic mass is 10.0. The minimum absolute atomic E-state index is 0.0739. The van der Waals surface area contributed by atoms with Crippen LogP contribution in [0.25, 0.3) is 11.1 Å². The first-order chi connectivity index (χ1) is 7.70. The van der Waals surface area contributed by atoms with Crippen molar-refractivity contribution in [1.29, 1.82) is 0 Å². The van der Waals surface area contributed by atoms with Gasteiger partial charge < -0.3 is 5.11 Å². The zero-order chi connectivity index (χ0) is 11.5. The van der Waals surface area contributed by atoms with E-state index in [0.717, 1.165) is 0 Å². The van der Waals surface area contributed by atoms with E-state index < -0.39 is 0 Å². The molecule has 0 aliphatic carbocycles. The molecule has 0 saturated carbocycles. The Morgan fingerprint density at radius 3 is 2.50 bits per heavy atom. The minimum Gasteiger partial charge on any atom is -0.507 e. The lowest BCUT2D eigenvalue weighted by molar-refractivity contribution is 0.112. The first-order valence-electron chi connectivity index (χ1n) is 4.75. The summed E-state index contributed by atoms with van der Waals surface area (Å²) >= 11 is 0. The number of phenolic OH excluding ortho intramolecular Hbond substituents is 1. The minimum atomic E-state index is -0.335. The van der Waals surface area contributed by atoms with Crippen molar-refractivity contribution in [3.63, 3.8) is 0 Å². The molecule has 0 unspecified atom stereocenters. The van der Waals surface area contributed by atoms with Gasteiger partial charge in [0.15, 0.2) is 6.29 Å². The maximum atomic E-state index is 13.0. The summed E-state index contributed by atoms with van der Waals surface area (Å²) < 4.78 is 13.0. The Balaban J connectivity index is 2.52. The van der Waals surface area contributed by atoms with E-state index in [4.69, 9.17) is 0 Å². The highest BCUT2D eigenvalue weighted by molar-refractivity contribution is 5.82. The third kappa shape index (κ3) is 1.93. The molecule has 0 aliphatic heterocycles. The van der Waals surface area contributed by atoms with Crippen molar-refractivity contribution in [3.8, 4) is 16.9 Å². The van der Waals surface area contributed by atoms with E-state index in [0.29, 0.717) is 17.4 Å². The fourth-order valence-corrected chi connectivity index (χ4v) is 1.50. The first-order valence-corrected chi connectivity index (χ1v) is 4.75. The molecule has 2 aromatic carbocycles. The summed E-state index contributed by atoms with van der Waals surface area (Å²) in [5, 5.41) is 9.33. The molecule has 0 aromatic heterocycles. The Kier molecular flexibility index (Phi) is 2.68. The predicted octanol–water partition coefficient (Wildman–Crippen LogP) is 3.01. The van der Waals surface area contributed by atoms with Gasteiger partial charge in [-0.1, -0.05) is 18.2 Å². The molecule has 1 N–H and O–H groups in total. The smallest absolute Gasteiger partial charge is 0.153 e. The van der Waals surface area contributed by atoms with Gasteiger partial charge in [0.1, 0.15) is 11.6 Å². The summed E-state index contributed by atoms with van der Waals surface area (Å²) in [5.74, 6) is -0.409. The zero-order valence-electron chi connectivity index (χ0n) is 8.35. The second-order valence-electron chi connectivity index (χ2n) is 3.40. The van der Waals surface area contributed by atoms with Crippen LogP contribution in [0, 0.1) is 5.82 Å². The molecular weight excluding hydrogens is 207 g/mol. The maximum absolute atomic E-state index is 13.0. The van der Waals surface area contributed by atoms with Crippen LogP contribution in [-0.2, 0) is 0 Å². The highest BCUT2D eigenvalue weighted by Crippen LogP contribution is 2.25. The number of rotatable bonds is 2. The van der Waals surface area contributed by atoms with E-state index in [9.17, 15) is 14.3 Å². The van der Waals surface area contributed by atoms with Gasteiger partial charge in [-0.05, 0) is 35.4 Å². The van der Waals surface area contributed by atoms with Crippen LogP contribution in [0.3, 0.4) is 0 Å². The number of carbonyl (C=O) groups excluding carboxylic acids is 1. The molecule has 0 radical (unpaired) electrons. The van der Waals surface area contributed by atoms with Crippen molar-refractivity contribution in [2.24, 2.45) is 0 Å². The van der Waals surface area contributed by atoms with Crippen LogP contribution in [0.5, 0.6) is 5.75 Å². The van der Waals surface area contributed by atoms with Crippen LogP contribution < -0.4 is 0 Å². The Labute approximate surface area is 92.0 Å². The van der Waals surface area contributed by atoms with Crippen molar-refractivity contribution < 1.29 is 14.3 Å². The second kappa shape index (κ2) is 4.14. The summed E-state index contributed by atoms with van der Waals surface area (Å²) in [4.78, 5) is 10.6. The van der Waals surface area contributed by atoms with Gasteiger partial charge in [0.2, 0.25) is 0 Å². The average Bonchev–Trinajstić information content (AvgIpc) is 2.29. The molecule has 80 valence electrons. The normalized spacial score (nSPS) is 10.1. The number of aromatic hydroxyl groups is 1. The van der Waals surface area contributed by atoms with E-state index in [2.05, 4.69) is 0 Å². The van der Waals surface area contributed by atoms with Gasteiger partial charge in [-0.2, -0.15) is 0 Å². The first kappa shape index (κ1) is 10.4. The molecule has 2 rings (SSSR count). The number of phenols is 1. The monoisotopic (exact) mass is 216 g/mol. The molecule has 0 aliphatic rings. The Bertz CT molecular complexity index is 535. The second-order valence-corrected chi connectivity index (χ2v) is 3.40. The molecule has 0 bridgehead atoms. The molecule has 0 fully saturated rings. The molecule has 0 heterocycles. The van der Waals surface area contributed by atoms with Gasteiger partial charge in [0, 0.05) is 0 Å². The highest BCUT2D eigenvalue weighted by Gasteiger charge is 2.04. The molecule has 3 heteroatoms. The van der Waals surface area contributed by atoms with Crippen LogP contribution in [-0.4, -0.2) is 11.4 Å². The number of aldehydes is 1. The van der Waals surface area contributed by atoms with Crippen LogP contribution >= 0.6 is 0 Å². The largest absolute Gasteiger partial charge is 0.507 e. The fraction of sp³-hybridized carbons (Fsp3) is 0. The van der Waals surface area contributed by atoms with Gasteiger partial charge in [0.05, 0.1) is 5.56 Å². The van der Waals surface area contributed by atoms with E-state index in [1.54, 1.807) is 18.2 Å². The van der Waals surface area contributed by atoms with E-state index >= 15 is 0 Å². The van der Waals surface area contributed by atoms with Crippen LogP contribution in [0.1, 0.15) is 10.4 Å². The third-order valence-corrected chi connectivity index (χ3v) is 2.31. The summed E-state index contributed by atoms with van der Waals surface area (Å²) in [7, 11) is 0. The number of hydrogen-bond acceptors (Lipinski definition) is 2. The molecular formula is C13H9FO2. The van der Waals surface area contributed by atoms with Crippen molar-refractivity contribution >= 4 is 6.29 Å². The third-order valence-electron chi connectivity index (χ3n) is 2.31. The molecule has 0 atom stereocenters. The number of benzene rings is 2. The fourth-order valence-electron chi connectivity index (χ4n) is 1.50. The Morgan fingerprint density at radius 2 is 1.81 bits per heavy atom. The number of carbonyl (C=O) groups is 1. The van der Waals surface area contributed by atoms with Crippen molar-refractivity contribution in [2.45, 2.75) is 0 Å². The highest BCUT2D eigenvalue weighted by atomic mass is 19.1. The lowest BCUT2D eigenvalue weighted by Gasteiger charge is -2.04. The topological polar surface area (TPSA) is 37.3 Å². The quantitative estimate of drug-likeness (QED) is 0.783. The average molecular weight is 216 g/mol. The van der Waals surface area contributed by atoms with E-state index in [1.165, 1.54) is 24.3 Å². The maximum Gasteiger partial charge on any atom is 0.153 e. The molecule has 0 spiro atoms. The van der Waals surface area contributed by atoms with Crippen molar-refractivity contribution in [1.82, 2.24) is 0 Å². The Hall–Kier alpha value is -2.16. The molecule has 0 amide bonds. The van der Waals surface area contributed by atoms with Crippen LogP contribution in [0.2, 0.25) is 0 Å². The molecule has 2 aromatic rings. The number of halogens is 1. The molecule has 16 heavy (non-hydrogen) atoms. The number of hydrogen-bond donors (Lipinski definition) is 1. The van der Waals surface area contributed by atoms with Gasteiger partial charge in [-0.3, -0.25) is 4.79 Å². The van der Waals surface area contributed by atoms with Gasteiger partial charge in [-0.15, -0.1) is 0 Å². The van der Waals surface area contributed by atoms with Crippen molar-refractivity contribution in [2.75, 3.05) is 0 Å². The van der Waals surface area contributed by atoms with Gasteiger partial charge in [0.25, 0.3) is 0 Å². The van der Waals surface area contributed by atoms with Gasteiger partial charge in [-0.25, -0.2) is 4.39 Å². The summed E-state index contributed by atoms with van der Waals surface area (Å²) in [6.07, 6.45) is 0.568. The molecule has 2 nitrogen and oxygen atoms in total. The lowest BCUT2D eigenvalue weighted by Crippen LogP contribution is -1.85. The van der Waals surface area contributed by atoms with Crippen molar-refractivity contribution in [3.05, 3.63) is 53.8 Å². The van der Waals surface area contributed by atoms with Gasteiger partial charge >= 0.3 is 0 Å². The van der Waals surface area contributed by atoms with Crippen LogP contribution in [0.4, 0.5) is 4.39 Å².